The Morgan fingerprint density at radius 2 is 1.73 bits per heavy atom. The zero-order valence-corrected chi connectivity index (χ0v) is 19.1. The Labute approximate surface area is 195 Å². The van der Waals surface area contributed by atoms with Crippen molar-refractivity contribution in [2.24, 2.45) is 0 Å². The summed E-state index contributed by atoms with van der Waals surface area (Å²) in [5.41, 5.74) is 3.96. The SMILES string of the molecule is C.C#Cc1cc(C)c(C(=O)OC)cc1F.CC.CC(=O)c1ccc(-c2ccnc(C)c2)nn1. The van der Waals surface area contributed by atoms with Crippen LogP contribution in [0.3, 0.4) is 0 Å². The van der Waals surface area contributed by atoms with E-state index >= 15 is 0 Å². The van der Waals surface area contributed by atoms with Gasteiger partial charge in [0.05, 0.1) is 23.9 Å². The van der Waals surface area contributed by atoms with Gasteiger partial charge in [0, 0.05) is 24.4 Å². The number of pyridine rings is 1. The first-order chi connectivity index (χ1) is 15.3. The second-order valence-electron chi connectivity index (χ2n) is 6.33. The number of nitrogens with zero attached hydrogens (tertiary/aromatic N) is 3. The number of aromatic nitrogens is 3. The third-order valence-electron chi connectivity index (χ3n) is 4.09. The molecular weight excluding hydrogens is 421 g/mol. The standard InChI is InChI=1S/C12H11N3O.C11H9FO2.C2H6.CH4/c1-8-7-10(5-6-13-8)12-4-3-11(9(2)16)14-15-12;1-4-8-5-7(2)9(6-10(8)12)11(13)14-3;1-2;/h3-7H,1-2H3;1,5-6H,2-3H3;1-2H3;1H4. The number of aryl methyl sites for hydroxylation is 2. The van der Waals surface area contributed by atoms with Crippen molar-refractivity contribution in [3.05, 3.63) is 76.5 Å². The molecule has 0 aliphatic carbocycles. The maximum Gasteiger partial charge on any atom is 0.338 e. The molecule has 0 bridgehead atoms. The van der Waals surface area contributed by atoms with E-state index in [9.17, 15) is 14.0 Å². The fraction of sp³-hybridized carbons (Fsp3) is 0.269. The van der Waals surface area contributed by atoms with Crippen molar-refractivity contribution in [2.75, 3.05) is 7.11 Å². The van der Waals surface area contributed by atoms with Gasteiger partial charge >= 0.3 is 5.97 Å². The quantitative estimate of drug-likeness (QED) is 0.292. The Kier molecular flexibility index (Phi) is 12.5. The van der Waals surface area contributed by atoms with E-state index in [-0.39, 0.29) is 24.3 Å². The zero-order valence-electron chi connectivity index (χ0n) is 19.1. The van der Waals surface area contributed by atoms with Gasteiger partial charge in [0.15, 0.2) is 5.78 Å². The van der Waals surface area contributed by atoms with Crippen LogP contribution in [0.2, 0.25) is 0 Å². The van der Waals surface area contributed by atoms with E-state index in [1.165, 1.54) is 20.1 Å². The normalized spacial score (nSPS) is 9.03. The van der Waals surface area contributed by atoms with E-state index in [1.54, 1.807) is 25.3 Å². The van der Waals surface area contributed by atoms with Crippen LogP contribution in [0.5, 0.6) is 0 Å². The number of Topliss-reactive ketones (excluding diaryl/α,β-unsaturated/α-hetero) is 1. The van der Waals surface area contributed by atoms with Crippen molar-refractivity contribution in [1.29, 1.82) is 0 Å². The second-order valence-corrected chi connectivity index (χ2v) is 6.33. The van der Waals surface area contributed by atoms with Crippen molar-refractivity contribution in [3.63, 3.8) is 0 Å². The summed E-state index contributed by atoms with van der Waals surface area (Å²) in [6.45, 7) is 9.06. The molecule has 2 aromatic heterocycles. The van der Waals surface area contributed by atoms with Crippen LogP contribution in [0.1, 0.15) is 65.9 Å². The van der Waals surface area contributed by atoms with Crippen LogP contribution in [0.15, 0.2) is 42.6 Å². The van der Waals surface area contributed by atoms with Crippen molar-refractivity contribution >= 4 is 11.8 Å². The first-order valence-corrected chi connectivity index (χ1v) is 9.89. The number of carbonyl (C=O) groups is 2. The molecular formula is C26H30FN3O3. The number of ether oxygens (including phenoxy) is 1. The fourth-order valence-electron chi connectivity index (χ4n) is 2.50. The van der Waals surface area contributed by atoms with Gasteiger partial charge < -0.3 is 4.74 Å². The number of ketones is 1. The minimum atomic E-state index is -0.585. The van der Waals surface area contributed by atoms with Gasteiger partial charge in [-0.25, -0.2) is 9.18 Å². The molecule has 1 aromatic carbocycles. The Hall–Kier alpha value is -3.92. The molecule has 6 nitrogen and oxygen atoms in total. The molecule has 0 saturated heterocycles. The van der Waals surface area contributed by atoms with Crippen LogP contribution in [-0.2, 0) is 4.74 Å². The van der Waals surface area contributed by atoms with Gasteiger partial charge in [-0.3, -0.25) is 9.78 Å². The number of hydrogen-bond donors (Lipinski definition) is 0. The van der Waals surface area contributed by atoms with Crippen LogP contribution in [0.25, 0.3) is 11.3 Å². The first-order valence-electron chi connectivity index (χ1n) is 9.89. The molecule has 0 unspecified atom stereocenters. The van der Waals surface area contributed by atoms with Gasteiger partial charge in [0.2, 0.25) is 0 Å². The summed E-state index contributed by atoms with van der Waals surface area (Å²) >= 11 is 0. The highest BCUT2D eigenvalue weighted by Crippen LogP contribution is 2.16. The number of hydrogen-bond acceptors (Lipinski definition) is 6. The molecule has 0 aliphatic heterocycles. The highest BCUT2D eigenvalue weighted by Gasteiger charge is 2.12. The Morgan fingerprint density at radius 3 is 2.21 bits per heavy atom. The lowest BCUT2D eigenvalue weighted by molar-refractivity contribution is 0.0599. The smallest absolute Gasteiger partial charge is 0.338 e. The van der Waals surface area contributed by atoms with Crippen molar-refractivity contribution in [1.82, 2.24) is 15.2 Å². The van der Waals surface area contributed by atoms with Crippen LogP contribution in [0.4, 0.5) is 4.39 Å². The zero-order chi connectivity index (χ0) is 24.3. The van der Waals surface area contributed by atoms with Gasteiger partial charge in [-0.05, 0) is 55.8 Å². The molecule has 33 heavy (non-hydrogen) atoms. The summed E-state index contributed by atoms with van der Waals surface area (Å²) in [5, 5.41) is 7.88. The number of terminal acetylenes is 1. The van der Waals surface area contributed by atoms with Gasteiger partial charge in [-0.2, -0.15) is 0 Å². The van der Waals surface area contributed by atoms with E-state index in [2.05, 4.69) is 25.8 Å². The number of esters is 1. The number of benzene rings is 1. The molecule has 7 heteroatoms. The largest absolute Gasteiger partial charge is 0.465 e. The molecule has 3 aromatic rings. The number of halogens is 1. The number of rotatable bonds is 3. The maximum absolute atomic E-state index is 13.2. The third kappa shape index (κ3) is 8.26. The molecule has 0 radical (unpaired) electrons. The highest BCUT2D eigenvalue weighted by atomic mass is 19.1. The molecule has 0 amide bonds. The molecule has 2 heterocycles. The summed E-state index contributed by atoms with van der Waals surface area (Å²) in [6, 6.07) is 9.80. The molecule has 0 N–H and O–H groups in total. The molecule has 0 aliphatic rings. The minimum Gasteiger partial charge on any atom is -0.465 e. The van der Waals surface area contributed by atoms with Crippen molar-refractivity contribution in [3.8, 4) is 23.6 Å². The first kappa shape index (κ1) is 29.1. The van der Waals surface area contributed by atoms with Crippen LogP contribution in [0, 0.1) is 32.0 Å². The maximum atomic E-state index is 13.2. The minimum absolute atomic E-state index is 0. The Balaban J connectivity index is 0.000000566. The summed E-state index contributed by atoms with van der Waals surface area (Å²) in [5.74, 6) is 0.965. The summed E-state index contributed by atoms with van der Waals surface area (Å²) in [7, 11) is 1.24. The fourth-order valence-corrected chi connectivity index (χ4v) is 2.50. The Bertz CT molecular complexity index is 1120. The lowest BCUT2D eigenvalue weighted by Crippen LogP contribution is -2.05. The monoisotopic (exact) mass is 451 g/mol. The summed E-state index contributed by atoms with van der Waals surface area (Å²) < 4.78 is 17.7. The number of methoxy groups -OCH3 is 1. The van der Waals surface area contributed by atoms with Gasteiger partial charge in [-0.15, -0.1) is 16.6 Å². The van der Waals surface area contributed by atoms with Gasteiger partial charge in [0.1, 0.15) is 11.5 Å². The highest BCUT2D eigenvalue weighted by molar-refractivity contribution is 5.92. The number of carbonyl (C=O) groups excluding carboxylic acids is 2. The predicted octanol–water partition coefficient (Wildman–Crippen LogP) is 5.61. The van der Waals surface area contributed by atoms with Gasteiger partial charge in [0.25, 0.3) is 0 Å². The molecule has 0 atom stereocenters. The molecule has 3 rings (SSSR count). The topological polar surface area (TPSA) is 82.0 Å². The van der Waals surface area contributed by atoms with Crippen molar-refractivity contribution < 1.29 is 18.7 Å². The predicted molar refractivity (Wildman–Crippen MR) is 128 cm³/mol. The van der Waals surface area contributed by atoms with Crippen molar-refractivity contribution in [2.45, 2.75) is 42.0 Å². The molecule has 0 saturated carbocycles. The second kappa shape index (κ2) is 14.2. The summed E-state index contributed by atoms with van der Waals surface area (Å²) in [6.07, 6.45) is 6.80. The van der Waals surface area contributed by atoms with Crippen LogP contribution in [-0.4, -0.2) is 34.0 Å². The van der Waals surface area contributed by atoms with E-state index in [4.69, 9.17) is 6.42 Å². The van der Waals surface area contributed by atoms with E-state index in [1.807, 2.05) is 32.9 Å². The van der Waals surface area contributed by atoms with E-state index in [0.29, 0.717) is 11.3 Å². The van der Waals surface area contributed by atoms with E-state index < -0.39 is 11.8 Å². The van der Waals surface area contributed by atoms with Crippen LogP contribution >= 0.6 is 0 Å². The van der Waals surface area contributed by atoms with E-state index in [0.717, 1.165) is 23.0 Å². The Morgan fingerprint density at radius 1 is 1.06 bits per heavy atom. The molecule has 0 fully saturated rings. The molecule has 174 valence electrons. The average Bonchev–Trinajstić information content (AvgIpc) is 2.81. The molecule has 0 spiro atoms. The average molecular weight is 452 g/mol. The lowest BCUT2D eigenvalue weighted by atomic mass is 10.0. The van der Waals surface area contributed by atoms with Gasteiger partial charge in [-0.1, -0.05) is 27.2 Å². The summed E-state index contributed by atoms with van der Waals surface area (Å²) in [4.78, 5) is 26.3. The lowest BCUT2D eigenvalue weighted by Gasteiger charge is -2.04. The third-order valence-corrected chi connectivity index (χ3v) is 4.09. The van der Waals surface area contributed by atoms with Crippen LogP contribution < -0.4 is 0 Å².